The van der Waals surface area contributed by atoms with Crippen LogP contribution >= 0.6 is 0 Å². The first-order valence-electron chi connectivity index (χ1n) is 11.2. The Balaban J connectivity index is 1.75. The highest BCUT2D eigenvalue weighted by Crippen LogP contribution is 2.33. The second kappa shape index (κ2) is 9.63. The monoisotopic (exact) mass is 494 g/mol. The molecule has 0 aliphatic carbocycles. The molecule has 0 saturated carbocycles. The Kier molecular flexibility index (Phi) is 6.77. The summed E-state index contributed by atoms with van der Waals surface area (Å²) in [4.78, 5) is 12.8. The van der Waals surface area contributed by atoms with Gasteiger partial charge in [-0.2, -0.15) is 17.9 Å². The van der Waals surface area contributed by atoms with Gasteiger partial charge in [0.1, 0.15) is 28.8 Å². The molecule has 3 aromatic rings. The fraction of sp³-hybridized carbons (Fsp3) is 0.417. The average molecular weight is 494 g/mol. The number of para-hydroxylation sites is 1. The number of aryl methyl sites for hydroxylation is 2. The van der Waals surface area contributed by atoms with Crippen LogP contribution in [-0.2, 0) is 19.5 Å². The second-order valence-electron chi connectivity index (χ2n) is 8.44. The van der Waals surface area contributed by atoms with Crippen molar-refractivity contribution in [3.63, 3.8) is 0 Å². The highest BCUT2D eigenvalue weighted by atomic mass is 19.4. The van der Waals surface area contributed by atoms with Gasteiger partial charge < -0.3 is 14.8 Å². The molecule has 0 bridgehead atoms. The minimum Gasteiger partial charge on any atom is -0.495 e. The number of nitrogens with one attached hydrogen (secondary N) is 1. The summed E-state index contributed by atoms with van der Waals surface area (Å²) in [6, 6.07) is 7.54. The Morgan fingerprint density at radius 3 is 2.66 bits per heavy atom. The minimum absolute atomic E-state index is 0.0487. The van der Waals surface area contributed by atoms with Crippen molar-refractivity contribution in [3.8, 4) is 17.2 Å². The van der Waals surface area contributed by atoms with E-state index in [1.54, 1.807) is 12.1 Å². The lowest BCUT2D eigenvalue weighted by molar-refractivity contribution is -0.189. The molecule has 1 atom stereocenters. The SMILES string of the molecule is COc1cccc(C)c1NCc1cc(F)c(-n2nc3n(c2=O)CCCC3)cc1O[C@@H](C)C(F)(F)F. The van der Waals surface area contributed by atoms with E-state index in [1.165, 1.54) is 11.7 Å². The summed E-state index contributed by atoms with van der Waals surface area (Å²) < 4.78 is 68.0. The lowest BCUT2D eigenvalue weighted by atomic mass is 10.1. The number of halogens is 4. The zero-order valence-corrected chi connectivity index (χ0v) is 19.6. The zero-order chi connectivity index (χ0) is 25.3. The number of ether oxygens (including phenoxy) is 2. The van der Waals surface area contributed by atoms with Crippen LogP contribution in [0.3, 0.4) is 0 Å². The van der Waals surface area contributed by atoms with E-state index >= 15 is 4.39 Å². The van der Waals surface area contributed by atoms with Gasteiger partial charge in [-0.25, -0.2) is 9.18 Å². The van der Waals surface area contributed by atoms with Gasteiger partial charge in [0.2, 0.25) is 0 Å². The van der Waals surface area contributed by atoms with Crippen LogP contribution < -0.4 is 20.5 Å². The fourth-order valence-corrected chi connectivity index (χ4v) is 4.03. The quantitative estimate of drug-likeness (QED) is 0.480. The van der Waals surface area contributed by atoms with E-state index in [4.69, 9.17) is 9.47 Å². The highest BCUT2D eigenvalue weighted by Gasteiger charge is 2.38. The first kappa shape index (κ1) is 24.6. The number of benzene rings is 2. The molecule has 2 heterocycles. The Hall–Kier alpha value is -3.50. The fourth-order valence-electron chi connectivity index (χ4n) is 4.03. The molecule has 11 heteroatoms. The maximum atomic E-state index is 15.2. The largest absolute Gasteiger partial charge is 0.495 e. The van der Waals surface area contributed by atoms with Gasteiger partial charge in [0.25, 0.3) is 0 Å². The summed E-state index contributed by atoms with van der Waals surface area (Å²) in [6.45, 7) is 3.12. The van der Waals surface area contributed by atoms with Gasteiger partial charge in [0, 0.05) is 31.1 Å². The van der Waals surface area contributed by atoms with Crippen molar-refractivity contribution in [2.75, 3.05) is 12.4 Å². The van der Waals surface area contributed by atoms with Gasteiger partial charge in [0.15, 0.2) is 6.10 Å². The van der Waals surface area contributed by atoms with Gasteiger partial charge >= 0.3 is 11.9 Å². The van der Waals surface area contributed by atoms with Gasteiger partial charge in [-0.1, -0.05) is 12.1 Å². The molecule has 1 N–H and O–H groups in total. The van der Waals surface area contributed by atoms with E-state index in [0.29, 0.717) is 30.2 Å². The number of rotatable bonds is 7. The average Bonchev–Trinajstić information content (AvgIpc) is 3.15. The predicted octanol–water partition coefficient (Wildman–Crippen LogP) is 4.77. The summed E-state index contributed by atoms with van der Waals surface area (Å²) in [5.74, 6) is 0.0415. The van der Waals surface area contributed by atoms with Crippen molar-refractivity contribution in [2.45, 2.75) is 58.5 Å². The van der Waals surface area contributed by atoms with E-state index in [2.05, 4.69) is 10.4 Å². The van der Waals surface area contributed by atoms with Crippen molar-refractivity contribution in [1.82, 2.24) is 14.3 Å². The molecule has 0 amide bonds. The first-order chi connectivity index (χ1) is 16.6. The summed E-state index contributed by atoms with van der Waals surface area (Å²) >= 11 is 0. The maximum Gasteiger partial charge on any atom is 0.425 e. The Morgan fingerprint density at radius 2 is 1.97 bits per heavy atom. The molecule has 35 heavy (non-hydrogen) atoms. The number of alkyl halides is 3. The van der Waals surface area contributed by atoms with Crippen molar-refractivity contribution in [3.05, 3.63) is 63.6 Å². The van der Waals surface area contributed by atoms with Crippen LogP contribution in [0.1, 0.15) is 36.7 Å². The summed E-state index contributed by atoms with van der Waals surface area (Å²) in [7, 11) is 1.50. The summed E-state index contributed by atoms with van der Waals surface area (Å²) in [6.07, 6.45) is -4.57. The topological polar surface area (TPSA) is 70.3 Å². The van der Waals surface area contributed by atoms with Crippen LogP contribution in [0.25, 0.3) is 5.69 Å². The lowest BCUT2D eigenvalue weighted by Crippen LogP contribution is -2.32. The van der Waals surface area contributed by atoms with Gasteiger partial charge in [-0.15, -0.1) is 5.10 Å². The molecule has 0 spiro atoms. The molecule has 188 valence electrons. The molecule has 4 rings (SSSR count). The minimum atomic E-state index is -4.64. The normalized spacial score (nSPS) is 14.4. The number of nitrogens with zero attached hydrogens (tertiary/aromatic N) is 3. The van der Waals surface area contributed by atoms with Gasteiger partial charge in [-0.05, 0) is 44.4 Å². The number of hydrogen-bond donors (Lipinski definition) is 1. The molecule has 0 unspecified atom stereocenters. The molecule has 1 aromatic heterocycles. The standard InChI is InChI=1S/C24H26F4N4O3/c1-14-7-6-8-19(34-3)22(14)29-13-16-11-17(25)18(12-20(16)35-15(2)24(26,27)28)32-23(33)31-10-5-4-9-21(31)30-32/h6-8,11-12,15,29H,4-5,9-10,13H2,1-3H3/t15-/m0/s1. The van der Waals surface area contributed by atoms with Crippen molar-refractivity contribution in [1.29, 1.82) is 0 Å². The predicted molar refractivity (Wildman–Crippen MR) is 122 cm³/mol. The second-order valence-corrected chi connectivity index (χ2v) is 8.44. The third-order valence-electron chi connectivity index (χ3n) is 6.00. The number of fused-ring (bicyclic) bond motifs is 1. The van der Waals surface area contributed by atoms with Crippen LogP contribution in [-0.4, -0.2) is 33.7 Å². The van der Waals surface area contributed by atoms with E-state index in [1.807, 2.05) is 13.0 Å². The van der Waals surface area contributed by atoms with Crippen LogP contribution in [0.15, 0.2) is 35.1 Å². The number of methoxy groups -OCH3 is 1. The van der Waals surface area contributed by atoms with E-state index < -0.39 is 23.8 Å². The molecule has 1 aliphatic heterocycles. The third-order valence-corrected chi connectivity index (χ3v) is 6.00. The van der Waals surface area contributed by atoms with Crippen molar-refractivity contribution < 1.29 is 27.0 Å². The van der Waals surface area contributed by atoms with E-state index in [-0.39, 0.29) is 23.5 Å². The van der Waals surface area contributed by atoms with E-state index in [0.717, 1.165) is 42.1 Å². The molecule has 0 saturated heterocycles. The van der Waals surface area contributed by atoms with Crippen LogP contribution in [0.4, 0.5) is 23.2 Å². The van der Waals surface area contributed by atoms with Crippen molar-refractivity contribution >= 4 is 5.69 Å². The third kappa shape index (κ3) is 4.98. The number of aromatic nitrogens is 3. The highest BCUT2D eigenvalue weighted by molar-refractivity contribution is 5.62. The number of hydrogen-bond acceptors (Lipinski definition) is 5. The molecule has 1 aliphatic rings. The first-order valence-corrected chi connectivity index (χ1v) is 11.2. The van der Waals surface area contributed by atoms with E-state index in [9.17, 15) is 18.0 Å². The molecular weight excluding hydrogens is 468 g/mol. The maximum absolute atomic E-state index is 15.2. The molecule has 0 radical (unpaired) electrons. The van der Waals surface area contributed by atoms with Gasteiger partial charge in [-0.3, -0.25) is 4.57 Å². The smallest absolute Gasteiger partial charge is 0.425 e. The molecule has 0 fully saturated rings. The van der Waals surface area contributed by atoms with Gasteiger partial charge in [0.05, 0.1) is 12.8 Å². The Labute approximate surface area is 199 Å². The summed E-state index contributed by atoms with van der Waals surface area (Å²) in [5, 5.41) is 7.32. The molecule has 7 nitrogen and oxygen atoms in total. The number of anilines is 1. The Morgan fingerprint density at radius 1 is 1.20 bits per heavy atom. The summed E-state index contributed by atoms with van der Waals surface area (Å²) in [5.41, 5.74) is 0.794. The molecular formula is C24H26F4N4O3. The van der Waals surface area contributed by atoms with Crippen molar-refractivity contribution in [2.24, 2.45) is 0 Å². The molecule has 2 aromatic carbocycles. The van der Waals surface area contributed by atoms with Crippen LogP contribution in [0.2, 0.25) is 0 Å². The van der Waals surface area contributed by atoms with Crippen LogP contribution in [0, 0.1) is 12.7 Å². The lowest BCUT2D eigenvalue weighted by Gasteiger charge is -2.21. The zero-order valence-electron chi connectivity index (χ0n) is 19.6. The Bertz CT molecular complexity index is 1280. The van der Waals surface area contributed by atoms with Crippen LogP contribution in [0.5, 0.6) is 11.5 Å².